The predicted molar refractivity (Wildman–Crippen MR) is 141 cm³/mol. The summed E-state index contributed by atoms with van der Waals surface area (Å²) >= 11 is 0. The molecule has 0 atom stereocenters. The minimum Gasteiger partial charge on any atom is -0.465 e. The highest BCUT2D eigenvalue weighted by Gasteiger charge is 2.27. The third-order valence-electron chi connectivity index (χ3n) is 6.68. The van der Waals surface area contributed by atoms with Crippen LogP contribution in [0.4, 0.5) is 0 Å². The number of rotatable bonds is 7. The number of nitrogens with zero attached hydrogens (tertiary/aromatic N) is 1. The van der Waals surface area contributed by atoms with Gasteiger partial charge in [0, 0.05) is 18.7 Å². The summed E-state index contributed by atoms with van der Waals surface area (Å²) in [6, 6.07) is 16.3. The fourth-order valence-corrected chi connectivity index (χ4v) is 5.78. The van der Waals surface area contributed by atoms with Crippen molar-refractivity contribution in [2.75, 3.05) is 13.9 Å². The van der Waals surface area contributed by atoms with Crippen molar-refractivity contribution in [1.29, 1.82) is 0 Å². The number of methoxy groups -OCH3 is 1. The van der Waals surface area contributed by atoms with Gasteiger partial charge in [-0.1, -0.05) is 18.2 Å². The van der Waals surface area contributed by atoms with Crippen molar-refractivity contribution in [3.63, 3.8) is 0 Å². The number of H-pyrrole nitrogens is 1. The lowest BCUT2D eigenvalue weighted by Crippen LogP contribution is -2.32. The van der Waals surface area contributed by atoms with Crippen molar-refractivity contribution >= 4 is 26.9 Å². The predicted octanol–water partition coefficient (Wildman–Crippen LogP) is 4.05. The molecule has 0 bridgehead atoms. The number of aromatic nitrogens is 1. The van der Waals surface area contributed by atoms with Crippen LogP contribution in [-0.2, 0) is 27.8 Å². The molecule has 0 spiro atoms. The normalized spacial score (nSPS) is 12.7. The Labute approximate surface area is 219 Å². The molecular formula is C28H26N2O7S. The summed E-state index contributed by atoms with van der Waals surface area (Å²) < 4.78 is 44.4. The number of nitrogens with one attached hydrogen (secondary N) is 1. The molecule has 1 aliphatic heterocycles. The molecule has 3 aromatic carbocycles. The molecule has 9 nitrogen and oxygen atoms in total. The fraction of sp³-hybridized carbons (Fsp3) is 0.214. The van der Waals surface area contributed by atoms with E-state index in [2.05, 4.69) is 4.98 Å². The van der Waals surface area contributed by atoms with E-state index in [0.29, 0.717) is 22.6 Å². The standard InChI is InChI=1S/C28H26N2O7S/c1-17-4-6-21-13-22(27(31)29-26(21)18(17)2)15-30(14-19-5-11-24-25(12-19)37-16-36-24)38(33,34)23-9-7-20(8-10-23)28(32)35-3/h4-13H,14-16H2,1-3H3,(H,29,31). The highest BCUT2D eigenvalue weighted by molar-refractivity contribution is 7.89. The molecule has 196 valence electrons. The van der Waals surface area contributed by atoms with Gasteiger partial charge in [-0.2, -0.15) is 4.31 Å². The van der Waals surface area contributed by atoms with Crippen molar-refractivity contribution in [3.8, 4) is 11.5 Å². The van der Waals surface area contributed by atoms with Crippen molar-refractivity contribution in [2.24, 2.45) is 0 Å². The molecule has 0 saturated heterocycles. The molecule has 38 heavy (non-hydrogen) atoms. The number of aromatic amines is 1. The zero-order valence-corrected chi connectivity index (χ0v) is 21.9. The minimum atomic E-state index is -4.09. The molecule has 1 N–H and O–H groups in total. The van der Waals surface area contributed by atoms with E-state index in [1.807, 2.05) is 26.0 Å². The molecule has 2 heterocycles. The van der Waals surface area contributed by atoms with Crippen LogP contribution in [-0.4, -0.2) is 37.6 Å². The molecule has 0 radical (unpaired) electrons. The van der Waals surface area contributed by atoms with E-state index in [1.165, 1.54) is 35.7 Å². The van der Waals surface area contributed by atoms with Crippen LogP contribution in [0.3, 0.4) is 0 Å². The Bertz CT molecular complexity index is 1710. The second-order valence-electron chi connectivity index (χ2n) is 9.07. The van der Waals surface area contributed by atoms with Crippen LogP contribution in [0.1, 0.15) is 32.6 Å². The Morgan fingerprint density at radius 2 is 1.71 bits per heavy atom. The average molecular weight is 535 g/mol. The molecule has 0 amide bonds. The number of aryl methyl sites for hydroxylation is 2. The van der Waals surface area contributed by atoms with Gasteiger partial charge >= 0.3 is 5.97 Å². The number of ether oxygens (including phenoxy) is 3. The van der Waals surface area contributed by atoms with Crippen molar-refractivity contribution < 1.29 is 27.4 Å². The zero-order valence-electron chi connectivity index (χ0n) is 21.1. The van der Waals surface area contributed by atoms with Gasteiger partial charge in [0.15, 0.2) is 11.5 Å². The third kappa shape index (κ3) is 4.75. The van der Waals surface area contributed by atoms with Crippen LogP contribution in [0.5, 0.6) is 11.5 Å². The third-order valence-corrected chi connectivity index (χ3v) is 8.49. The highest BCUT2D eigenvalue weighted by atomic mass is 32.2. The number of hydrogen-bond acceptors (Lipinski definition) is 7. The number of hydrogen-bond donors (Lipinski definition) is 1. The van der Waals surface area contributed by atoms with E-state index >= 15 is 0 Å². The fourth-order valence-electron chi connectivity index (χ4n) is 4.38. The Hall–Kier alpha value is -4.15. The lowest BCUT2D eigenvalue weighted by Gasteiger charge is -2.23. The smallest absolute Gasteiger partial charge is 0.337 e. The maximum absolute atomic E-state index is 13.8. The summed E-state index contributed by atoms with van der Waals surface area (Å²) in [5.41, 5.74) is 3.56. The summed E-state index contributed by atoms with van der Waals surface area (Å²) in [7, 11) is -2.84. The Kier molecular flexibility index (Phi) is 6.68. The van der Waals surface area contributed by atoms with E-state index in [4.69, 9.17) is 14.2 Å². The lowest BCUT2D eigenvalue weighted by molar-refractivity contribution is 0.0600. The summed E-state index contributed by atoms with van der Waals surface area (Å²) in [5.74, 6) is 0.536. The maximum atomic E-state index is 13.8. The van der Waals surface area contributed by atoms with E-state index in [9.17, 15) is 18.0 Å². The van der Waals surface area contributed by atoms with E-state index < -0.39 is 16.0 Å². The topological polar surface area (TPSA) is 115 Å². The molecule has 1 aromatic heterocycles. The second-order valence-corrected chi connectivity index (χ2v) is 11.0. The Morgan fingerprint density at radius 3 is 2.45 bits per heavy atom. The quantitative estimate of drug-likeness (QED) is 0.356. The Morgan fingerprint density at radius 1 is 0.974 bits per heavy atom. The first-order valence-corrected chi connectivity index (χ1v) is 13.3. The van der Waals surface area contributed by atoms with Gasteiger partial charge in [0.2, 0.25) is 16.8 Å². The second kappa shape index (κ2) is 9.96. The number of sulfonamides is 1. The molecule has 10 heteroatoms. The van der Waals surface area contributed by atoms with Crippen LogP contribution in [0.15, 0.2) is 70.4 Å². The summed E-state index contributed by atoms with van der Waals surface area (Å²) in [6.07, 6.45) is 0. The van der Waals surface area contributed by atoms with Crippen molar-refractivity contribution in [1.82, 2.24) is 9.29 Å². The van der Waals surface area contributed by atoms with Gasteiger partial charge in [-0.15, -0.1) is 0 Å². The molecule has 0 aliphatic carbocycles. The lowest BCUT2D eigenvalue weighted by atomic mass is 10.0. The van der Waals surface area contributed by atoms with Gasteiger partial charge in [-0.25, -0.2) is 13.2 Å². The molecule has 0 unspecified atom stereocenters. The van der Waals surface area contributed by atoms with Crippen LogP contribution in [0.25, 0.3) is 10.9 Å². The number of benzene rings is 3. The maximum Gasteiger partial charge on any atom is 0.337 e. The van der Waals surface area contributed by atoms with Gasteiger partial charge < -0.3 is 19.2 Å². The number of pyridine rings is 1. The van der Waals surface area contributed by atoms with Gasteiger partial charge in [0.05, 0.1) is 23.1 Å². The van der Waals surface area contributed by atoms with Gasteiger partial charge in [0.25, 0.3) is 5.56 Å². The monoisotopic (exact) mass is 534 g/mol. The summed E-state index contributed by atoms with van der Waals surface area (Å²) in [6.45, 7) is 3.79. The summed E-state index contributed by atoms with van der Waals surface area (Å²) in [4.78, 5) is 27.8. The van der Waals surface area contributed by atoms with Crippen LogP contribution in [0, 0.1) is 13.8 Å². The molecular weight excluding hydrogens is 508 g/mol. The first-order valence-electron chi connectivity index (χ1n) is 11.9. The number of carbonyl (C=O) groups excluding carboxylic acids is 1. The van der Waals surface area contributed by atoms with Crippen LogP contribution < -0.4 is 15.0 Å². The van der Waals surface area contributed by atoms with Crippen LogP contribution >= 0.6 is 0 Å². The molecule has 0 fully saturated rings. The van der Waals surface area contributed by atoms with E-state index in [-0.39, 0.29) is 35.9 Å². The van der Waals surface area contributed by atoms with E-state index in [1.54, 1.807) is 24.3 Å². The average Bonchev–Trinajstić information content (AvgIpc) is 3.39. The number of carbonyl (C=O) groups is 1. The molecule has 4 aromatic rings. The highest BCUT2D eigenvalue weighted by Crippen LogP contribution is 2.33. The van der Waals surface area contributed by atoms with Crippen molar-refractivity contribution in [2.45, 2.75) is 31.8 Å². The van der Waals surface area contributed by atoms with Crippen molar-refractivity contribution in [3.05, 3.63) is 98.8 Å². The minimum absolute atomic E-state index is 0.0189. The Balaban J connectivity index is 1.55. The van der Waals surface area contributed by atoms with Crippen LogP contribution in [0.2, 0.25) is 0 Å². The van der Waals surface area contributed by atoms with Gasteiger partial charge in [0.1, 0.15) is 0 Å². The van der Waals surface area contributed by atoms with Gasteiger partial charge in [-0.3, -0.25) is 4.79 Å². The molecule has 0 saturated carbocycles. The summed E-state index contributed by atoms with van der Waals surface area (Å²) in [5, 5.41) is 0.811. The van der Waals surface area contributed by atoms with Gasteiger partial charge in [-0.05, 0) is 78.4 Å². The SMILES string of the molecule is COC(=O)c1ccc(S(=O)(=O)N(Cc2ccc3c(c2)OCO3)Cc2cc3ccc(C)c(C)c3[nH]c2=O)cc1. The molecule has 5 rings (SSSR count). The number of fused-ring (bicyclic) bond motifs is 2. The largest absolute Gasteiger partial charge is 0.465 e. The zero-order chi connectivity index (χ0) is 27.0. The van der Waals surface area contributed by atoms with E-state index in [0.717, 1.165) is 22.0 Å². The molecule has 1 aliphatic rings. The number of esters is 1. The first kappa shape index (κ1) is 25.5. The first-order chi connectivity index (χ1) is 18.2.